The SMILES string of the molecule is O=C(CSc1n[nH]c(-c2ccccc2F)n1)NC(=O)NCc1cccs1. The lowest BCUT2D eigenvalue weighted by molar-refractivity contribution is -0.117. The fraction of sp³-hybridized carbons (Fsp3) is 0.125. The average Bonchev–Trinajstić information content (AvgIpc) is 3.30. The third-order valence-electron chi connectivity index (χ3n) is 3.18. The smallest absolute Gasteiger partial charge is 0.321 e. The fourth-order valence-corrected chi connectivity index (χ4v) is 3.25. The third kappa shape index (κ3) is 4.90. The molecule has 3 N–H and O–H groups in total. The molecule has 10 heteroatoms. The molecule has 3 amide bonds. The van der Waals surface area contributed by atoms with Gasteiger partial charge < -0.3 is 5.32 Å². The van der Waals surface area contributed by atoms with Gasteiger partial charge in [0.1, 0.15) is 5.82 Å². The zero-order valence-electron chi connectivity index (χ0n) is 13.4. The van der Waals surface area contributed by atoms with Gasteiger partial charge in [-0.3, -0.25) is 15.2 Å². The van der Waals surface area contributed by atoms with Crippen molar-refractivity contribution in [1.82, 2.24) is 25.8 Å². The van der Waals surface area contributed by atoms with Crippen LogP contribution in [0.4, 0.5) is 9.18 Å². The van der Waals surface area contributed by atoms with Crippen molar-refractivity contribution in [3.05, 3.63) is 52.5 Å². The van der Waals surface area contributed by atoms with Crippen LogP contribution in [0.2, 0.25) is 0 Å². The van der Waals surface area contributed by atoms with E-state index in [1.807, 2.05) is 17.5 Å². The third-order valence-corrected chi connectivity index (χ3v) is 4.91. The molecule has 7 nitrogen and oxygen atoms in total. The number of amides is 3. The Hall–Kier alpha value is -2.72. The number of imide groups is 1. The van der Waals surface area contributed by atoms with Crippen LogP contribution >= 0.6 is 23.1 Å². The largest absolute Gasteiger partial charge is 0.333 e. The second kappa shape index (κ2) is 8.59. The van der Waals surface area contributed by atoms with Crippen molar-refractivity contribution in [1.29, 1.82) is 0 Å². The number of urea groups is 1. The Balaban J connectivity index is 1.46. The van der Waals surface area contributed by atoms with Gasteiger partial charge in [0.25, 0.3) is 0 Å². The number of thioether (sulfide) groups is 1. The molecule has 1 aromatic carbocycles. The van der Waals surface area contributed by atoms with Crippen molar-refractivity contribution >= 4 is 35.0 Å². The zero-order chi connectivity index (χ0) is 18.4. The van der Waals surface area contributed by atoms with Crippen LogP contribution in [0.25, 0.3) is 11.4 Å². The Morgan fingerprint density at radius 3 is 2.85 bits per heavy atom. The summed E-state index contributed by atoms with van der Waals surface area (Å²) in [5.74, 6) is -0.656. The van der Waals surface area contributed by atoms with E-state index < -0.39 is 17.8 Å². The van der Waals surface area contributed by atoms with Crippen molar-refractivity contribution in [2.45, 2.75) is 11.7 Å². The first-order chi connectivity index (χ1) is 12.6. The Morgan fingerprint density at radius 2 is 2.08 bits per heavy atom. The quantitative estimate of drug-likeness (QED) is 0.561. The average molecular weight is 391 g/mol. The van der Waals surface area contributed by atoms with E-state index in [0.717, 1.165) is 16.6 Å². The summed E-state index contributed by atoms with van der Waals surface area (Å²) < 4.78 is 13.7. The predicted octanol–water partition coefficient (Wildman–Crippen LogP) is 2.79. The molecule has 0 bridgehead atoms. The monoisotopic (exact) mass is 391 g/mol. The number of rotatable bonds is 6. The molecule has 0 fully saturated rings. The van der Waals surface area contributed by atoms with Crippen LogP contribution in [0.5, 0.6) is 0 Å². The molecule has 2 heterocycles. The Bertz CT molecular complexity index is 898. The molecule has 0 atom stereocenters. The molecule has 0 aliphatic heterocycles. The summed E-state index contributed by atoms with van der Waals surface area (Å²) in [6.07, 6.45) is 0. The molecule has 0 saturated heterocycles. The van der Waals surface area contributed by atoms with Crippen LogP contribution in [0.3, 0.4) is 0 Å². The molecule has 0 unspecified atom stereocenters. The summed E-state index contributed by atoms with van der Waals surface area (Å²) in [5.41, 5.74) is 0.296. The van der Waals surface area contributed by atoms with E-state index in [4.69, 9.17) is 0 Å². The first-order valence-corrected chi connectivity index (χ1v) is 9.38. The van der Waals surface area contributed by atoms with Crippen LogP contribution in [0.1, 0.15) is 4.88 Å². The molecule has 26 heavy (non-hydrogen) atoms. The molecule has 134 valence electrons. The standard InChI is InChI=1S/C16H14FN5O2S2/c17-12-6-2-1-5-11(12)14-20-16(22-21-14)26-9-13(23)19-15(24)18-8-10-4-3-7-25-10/h1-7H,8-9H2,(H,20,21,22)(H2,18,19,23,24). The van der Waals surface area contributed by atoms with Gasteiger partial charge in [0.15, 0.2) is 5.82 Å². The molecule has 0 radical (unpaired) electrons. The van der Waals surface area contributed by atoms with E-state index >= 15 is 0 Å². The second-order valence-corrected chi connectivity index (χ2v) is 7.02. The molecular formula is C16H14FN5O2S2. The number of carbonyl (C=O) groups is 2. The van der Waals surface area contributed by atoms with Gasteiger partial charge >= 0.3 is 6.03 Å². The number of carbonyl (C=O) groups excluding carboxylic acids is 2. The number of nitrogens with zero attached hydrogens (tertiary/aromatic N) is 2. The van der Waals surface area contributed by atoms with E-state index in [0.29, 0.717) is 12.1 Å². The number of benzene rings is 1. The van der Waals surface area contributed by atoms with Crippen LogP contribution in [-0.2, 0) is 11.3 Å². The minimum atomic E-state index is -0.564. The maximum absolute atomic E-state index is 13.7. The lowest BCUT2D eigenvalue weighted by atomic mass is 10.2. The molecule has 0 aliphatic carbocycles. The summed E-state index contributed by atoms with van der Waals surface area (Å²) >= 11 is 2.56. The van der Waals surface area contributed by atoms with E-state index in [-0.39, 0.29) is 16.7 Å². The summed E-state index contributed by atoms with van der Waals surface area (Å²) in [6, 6.07) is 9.38. The highest BCUT2D eigenvalue weighted by atomic mass is 32.2. The van der Waals surface area contributed by atoms with Gasteiger partial charge in [-0.05, 0) is 23.6 Å². The minimum absolute atomic E-state index is 0.0407. The summed E-state index contributed by atoms with van der Waals surface area (Å²) in [5, 5.41) is 13.6. The highest BCUT2D eigenvalue weighted by Crippen LogP contribution is 2.21. The fourth-order valence-electron chi connectivity index (χ4n) is 2.00. The van der Waals surface area contributed by atoms with Crippen LogP contribution in [0.15, 0.2) is 46.9 Å². The van der Waals surface area contributed by atoms with Crippen molar-refractivity contribution in [3.8, 4) is 11.4 Å². The molecule has 0 saturated carbocycles. The van der Waals surface area contributed by atoms with E-state index in [9.17, 15) is 14.0 Å². The number of hydrogen-bond acceptors (Lipinski definition) is 6. The Kier molecular flexibility index (Phi) is 5.97. The van der Waals surface area contributed by atoms with E-state index in [1.165, 1.54) is 17.4 Å². The normalized spacial score (nSPS) is 10.5. The molecule has 0 spiro atoms. The Morgan fingerprint density at radius 1 is 1.23 bits per heavy atom. The van der Waals surface area contributed by atoms with Gasteiger partial charge in [0.2, 0.25) is 11.1 Å². The van der Waals surface area contributed by atoms with Crippen LogP contribution in [-0.4, -0.2) is 32.9 Å². The van der Waals surface area contributed by atoms with Crippen LogP contribution < -0.4 is 10.6 Å². The van der Waals surface area contributed by atoms with Crippen molar-refractivity contribution < 1.29 is 14.0 Å². The minimum Gasteiger partial charge on any atom is -0.333 e. The number of H-pyrrole nitrogens is 1. The first kappa shape index (κ1) is 18.1. The number of aromatic amines is 1. The number of hydrogen-bond donors (Lipinski definition) is 3. The highest BCUT2D eigenvalue weighted by Gasteiger charge is 2.13. The van der Waals surface area contributed by atoms with Crippen molar-refractivity contribution in [2.75, 3.05) is 5.75 Å². The van der Waals surface area contributed by atoms with Gasteiger partial charge in [0.05, 0.1) is 17.9 Å². The lowest BCUT2D eigenvalue weighted by Gasteiger charge is -2.04. The molecule has 3 aromatic rings. The molecule has 2 aromatic heterocycles. The van der Waals surface area contributed by atoms with Gasteiger partial charge in [-0.2, -0.15) is 0 Å². The molecular weight excluding hydrogens is 377 g/mol. The van der Waals surface area contributed by atoms with E-state index in [2.05, 4.69) is 25.8 Å². The molecule has 3 rings (SSSR count). The predicted molar refractivity (Wildman–Crippen MR) is 97.2 cm³/mol. The molecule has 0 aliphatic rings. The van der Waals surface area contributed by atoms with E-state index in [1.54, 1.807) is 18.2 Å². The van der Waals surface area contributed by atoms with Gasteiger partial charge in [-0.15, -0.1) is 16.4 Å². The lowest BCUT2D eigenvalue weighted by Crippen LogP contribution is -2.39. The number of nitrogens with one attached hydrogen (secondary N) is 3. The van der Waals surface area contributed by atoms with Crippen molar-refractivity contribution in [2.24, 2.45) is 0 Å². The van der Waals surface area contributed by atoms with Crippen molar-refractivity contribution in [3.63, 3.8) is 0 Å². The summed E-state index contributed by atoms with van der Waals surface area (Å²) in [7, 11) is 0. The highest BCUT2D eigenvalue weighted by molar-refractivity contribution is 7.99. The zero-order valence-corrected chi connectivity index (χ0v) is 15.0. The maximum Gasteiger partial charge on any atom is 0.321 e. The first-order valence-electron chi connectivity index (χ1n) is 7.52. The second-order valence-electron chi connectivity index (χ2n) is 5.05. The Labute approximate surface area is 156 Å². The van der Waals surface area contributed by atoms with Gasteiger partial charge in [-0.25, -0.2) is 14.2 Å². The number of thiophene rings is 1. The van der Waals surface area contributed by atoms with Gasteiger partial charge in [0, 0.05) is 4.88 Å². The summed E-state index contributed by atoms with van der Waals surface area (Å²) in [6.45, 7) is 0.358. The topological polar surface area (TPSA) is 99.8 Å². The number of halogens is 1. The van der Waals surface area contributed by atoms with Gasteiger partial charge in [-0.1, -0.05) is 30.0 Å². The van der Waals surface area contributed by atoms with Crippen LogP contribution in [0, 0.1) is 5.82 Å². The summed E-state index contributed by atoms with van der Waals surface area (Å²) in [4.78, 5) is 28.6. The number of aromatic nitrogens is 3. The maximum atomic E-state index is 13.7.